The van der Waals surface area contributed by atoms with Crippen LogP contribution in [0.5, 0.6) is 0 Å². The summed E-state index contributed by atoms with van der Waals surface area (Å²) in [6.07, 6.45) is 5.77. The summed E-state index contributed by atoms with van der Waals surface area (Å²) in [5.41, 5.74) is 6.32. The van der Waals surface area contributed by atoms with Crippen LogP contribution in [-0.4, -0.2) is 42.8 Å². The average molecular weight is 256 g/mol. The third-order valence-corrected chi connectivity index (χ3v) is 4.45. The Kier molecular flexibility index (Phi) is 7.20. The van der Waals surface area contributed by atoms with Crippen molar-refractivity contribution in [3.63, 3.8) is 0 Å². The van der Waals surface area contributed by atoms with E-state index >= 15 is 0 Å². The molecule has 0 amide bonds. The van der Waals surface area contributed by atoms with Crippen molar-refractivity contribution in [3.05, 3.63) is 0 Å². The fourth-order valence-corrected chi connectivity index (χ4v) is 3.40. The molecule has 0 aromatic heterocycles. The first kappa shape index (κ1) is 15.9. The van der Waals surface area contributed by atoms with Gasteiger partial charge in [0.25, 0.3) is 0 Å². The van der Waals surface area contributed by atoms with E-state index in [-0.39, 0.29) is 0 Å². The van der Waals surface area contributed by atoms with Crippen LogP contribution in [0.25, 0.3) is 0 Å². The van der Waals surface area contributed by atoms with Crippen molar-refractivity contribution in [1.29, 1.82) is 0 Å². The summed E-state index contributed by atoms with van der Waals surface area (Å²) >= 11 is 0. The Bertz CT molecular complexity index is 211. The van der Waals surface area contributed by atoms with Gasteiger partial charge in [0.2, 0.25) is 0 Å². The van der Waals surface area contributed by atoms with Gasteiger partial charge in [-0.05, 0) is 63.5 Å². The van der Waals surface area contributed by atoms with Gasteiger partial charge >= 0.3 is 0 Å². The van der Waals surface area contributed by atoms with E-state index in [1.165, 1.54) is 19.3 Å². The number of aliphatic hydroxyl groups excluding tert-OH is 1. The first-order valence-electron chi connectivity index (χ1n) is 7.59. The predicted molar refractivity (Wildman–Crippen MR) is 77.5 cm³/mol. The molecular formula is C15H32N2O. The van der Waals surface area contributed by atoms with E-state index < -0.39 is 0 Å². The lowest BCUT2D eigenvalue weighted by Crippen LogP contribution is -2.46. The topological polar surface area (TPSA) is 49.5 Å². The summed E-state index contributed by atoms with van der Waals surface area (Å²) in [5.74, 6) is 2.20. The van der Waals surface area contributed by atoms with Gasteiger partial charge in [0, 0.05) is 19.2 Å². The van der Waals surface area contributed by atoms with Gasteiger partial charge in [-0.25, -0.2) is 0 Å². The molecule has 4 atom stereocenters. The molecule has 0 spiro atoms. The van der Waals surface area contributed by atoms with Crippen molar-refractivity contribution in [2.45, 2.75) is 52.0 Å². The molecule has 18 heavy (non-hydrogen) atoms. The maximum absolute atomic E-state index is 8.76. The van der Waals surface area contributed by atoms with Crippen molar-refractivity contribution < 1.29 is 5.11 Å². The molecule has 0 bridgehead atoms. The van der Waals surface area contributed by atoms with E-state index in [1.807, 2.05) is 0 Å². The highest BCUT2D eigenvalue weighted by Crippen LogP contribution is 2.33. The lowest BCUT2D eigenvalue weighted by molar-refractivity contribution is 0.129. The van der Waals surface area contributed by atoms with Crippen LogP contribution in [0.1, 0.15) is 46.0 Å². The Labute approximate surface area is 113 Å². The zero-order valence-electron chi connectivity index (χ0n) is 12.4. The highest BCUT2D eigenvalue weighted by Gasteiger charge is 2.32. The molecule has 1 aliphatic carbocycles. The van der Waals surface area contributed by atoms with E-state index in [9.17, 15) is 0 Å². The molecule has 108 valence electrons. The standard InChI is InChI=1S/C15H32N2O/c1-12-9-13(2)14(15(16)10-12)11-17(3)7-5-4-6-8-18/h12-15,18H,4-11,16H2,1-3H3. The van der Waals surface area contributed by atoms with E-state index in [1.54, 1.807) is 0 Å². The van der Waals surface area contributed by atoms with Crippen molar-refractivity contribution in [1.82, 2.24) is 4.90 Å². The summed E-state index contributed by atoms with van der Waals surface area (Å²) in [6.45, 7) is 7.27. The van der Waals surface area contributed by atoms with E-state index in [0.717, 1.165) is 37.8 Å². The van der Waals surface area contributed by atoms with Gasteiger partial charge in [0.05, 0.1) is 0 Å². The highest BCUT2D eigenvalue weighted by molar-refractivity contribution is 4.86. The van der Waals surface area contributed by atoms with Crippen LogP contribution in [0.2, 0.25) is 0 Å². The van der Waals surface area contributed by atoms with Gasteiger partial charge in [-0.1, -0.05) is 13.8 Å². The Morgan fingerprint density at radius 1 is 1.17 bits per heavy atom. The molecule has 0 radical (unpaired) electrons. The highest BCUT2D eigenvalue weighted by atomic mass is 16.2. The lowest BCUT2D eigenvalue weighted by atomic mass is 9.72. The Morgan fingerprint density at radius 3 is 2.50 bits per heavy atom. The minimum atomic E-state index is 0.326. The van der Waals surface area contributed by atoms with Crippen molar-refractivity contribution in [2.75, 3.05) is 26.7 Å². The molecule has 0 heterocycles. The molecule has 3 nitrogen and oxygen atoms in total. The molecule has 1 rings (SSSR count). The number of aliphatic hydroxyl groups is 1. The fourth-order valence-electron chi connectivity index (χ4n) is 3.40. The average Bonchev–Trinajstić information content (AvgIpc) is 2.29. The van der Waals surface area contributed by atoms with E-state index in [0.29, 0.717) is 18.6 Å². The van der Waals surface area contributed by atoms with Crippen molar-refractivity contribution in [3.8, 4) is 0 Å². The maximum Gasteiger partial charge on any atom is 0.0431 e. The fraction of sp³-hybridized carbons (Fsp3) is 1.00. The normalized spacial score (nSPS) is 33.0. The summed E-state index contributed by atoms with van der Waals surface area (Å²) in [6, 6.07) is 0.378. The maximum atomic E-state index is 8.76. The predicted octanol–water partition coefficient (Wildman–Crippen LogP) is 2.09. The van der Waals surface area contributed by atoms with Crippen LogP contribution in [0.3, 0.4) is 0 Å². The second kappa shape index (κ2) is 8.13. The van der Waals surface area contributed by atoms with Crippen LogP contribution in [0, 0.1) is 17.8 Å². The summed E-state index contributed by atoms with van der Waals surface area (Å²) in [5, 5.41) is 8.76. The number of nitrogens with zero attached hydrogens (tertiary/aromatic N) is 1. The molecule has 1 fully saturated rings. The monoisotopic (exact) mass is 256 g/mol. The number of rotatable bonds is 7. The van der Waals surface area contributed by atoms with Crippen LogP contribution in [0.4, 0.5) is 0 Å². The molecule has 0 aliphatic heterocycles. The molecule has 0 aromatic carbocycles. The van der Waals surface area contributed by atoms with Crippen LogP contribution >= 0.6 is 0 Å². The number of hydrogen-bond donors (Lipinski definition) is 2. The summed E-state index contributed by atoms with van der Waals surface area (Å²) in [4.78, 5) is 2.42. The Balaban J connectivity index is 2.27. The van der Waals surface area contributed by atoms with Gasteiger partial charge in [-0.3, -0.25) is 0 Å². The Morgan fingerprint density at radius 2 is 1.89 bits per heavy atom. The van der Waals surface area contributed by atoms with Crippen molar-refractivity contribution >= 4 is 0 Å². The summed E-state index contributed by atoms with van der Waals surface area (Å²) < 4.78 is 0. The van der Waals surface area contributed by atoms with Gasteiger partial charge in [-0.2, -0.15) is 0 Å². The molecule has 3 N–H and O–H groups in total. The largest absolute Gasteiger partial charge is 0.396 e. The smallest absolute Gasteiger partial charge is 0.0431 e. The number of unbranched alkanes of at least 4 members (excludes halogenated alkanes) is 2. The SMILES string of the molecule is CC1CC(C)C(CN(C)CCCCCO)C(N)C1. The lowest BCUT2D eigenvalue weighted by Gasteiger charge is -2.39. The van der Waals surface area contributed by atoms with Gasteiger partial charge in [0.15, 0.2) is 0 Å². The third kappa shape index (κ3) is 5.25. The second-order valence-corrected chi connectivity index (χ2v) is 6.43. The number of hydrogen-bond acceptors (Lipinski definition) is 3. The van der Waals surface area contributed by atoms with Crippen LogP contribution < -0.4 is 5.73 Å². The van der Waals surface area contributed by atoms with E-state index in [2.05, 4.69) is 25.8 Å². The zero-order valence-corrected chi connectivity index (χ0v) is 12.4. The van der Waals surface area contributed by atoms with Crippen molar-refractivity contribution in [2.24, 2.45) is 23.5 Å². The van der Waals surface area contributed by atoms with Crippen LogP contribution in [0.15, 0.2) is 0 Å². The van der Waals surface area contributed by atoms with Gasteiger partial charge in [-0.15, -0.1) is 0 Å². The zero-order chi connectivity index (χ0) is 13.5. The molecule has 0 aromatic rings. The van der Waals surface area contributed by atoms with Crippen LogP contribution in [-0.2, 0) is 0 Å². The molecule has 3 heteroatoms. The molecule has 4 unspecified atom stereocenters. The molecular weight excluding hydrogens is 224 g/mol. The quantitative estimate of drug-likeness (QED) is 0.686. The molecule has 1 saturated carbocycles. The van der Waals surface area contributed by atoms with Gasteiger partial charge < -0.3 is 15.7 Å². The first-order valence-corrected chi connectivity index (χ1v) is 7.59. The molecule has 0 saturated heterocycles. The minimum Gasteiger partial charge on any atom is -0.396 e. The third-order valence-electron chi connectivity index (χ3n) is 4.45. The molecule has 1 aliphatic rings. The van der Waals surface area contributed by atoms with E-state index in [4.69, 9.17) is 10.8 Å². The first-order chi connectivity index (χ1) is 8.54. The van der Waals surface area contributed by atoms with Gasteiger partial charge in [0.1, 0.15) is 0 Å². The second-order valence-electron chi connectivity index (χ2n) is 6.43. The summed E-state index contributed by atoms with van der Waals surface area (Å²) in [7, 11) is 2.20. The number of nitrogens with two attached hydrogens (primary N) is 1. The minimum absolute atomic E-state index is 0.326. The Hall–Kier alpha value is -0.120.